The van der Waals surface area contributed by atoms with Gasteiger partial charge in [0.25, 0.3) is 7.82 Å². The fourth-order valence-corrected chi connectivity index (χ4v) is 7.30. The van der Waals surface area contributed by atoms with E-state index in [9.17, 15) is 19.0 Å². The Bertz CT molecular complexity index is 1440. The first-order valence-electron chi connectivity index (χ1n) is 25.9. The maximum Gasteiger partial charge on any atom is 0.306 e. The van der Waals surface area contributed by atoms with Crippen LogP contribution in [0.3, 0.4) is 0 Å². The van der Waals surface area contributed by atoms with Crippen LogP contribution in [0.5, 0.6) is 0 Å². The number of quaternary nitrogens is 1. The highest BCUT2D eigenvalue weighted by Crippen LogP contribution is 2.38. The molecular weight excluding hydrogens is 846 g/mol. The van der Waals surface area contributed by atoms with Gasteiger partial charge in [-0.15, -0.1) is 0 Å². The summed E-state index contributed by atoms with van der Waals surface area (Å²) in [4.78, 5) is 37.7. The Morgan fingerprint density at radius 1 is 0.485 bits per heavy atom. The second kappa shape index (κ2) is 47.0. The van der Waals surface area contributed by atoms with Gasteiger partial charge in [0.2, 0.25) is 0 Å². The molecule has 0 heterocycles. The van der Waals surface area contributed by atoms with Crippen molar-refractivity contribution in [1.82, 2.24) is 0 Å². The first-order valence-corrected chi connectivity index (χ1v) is 27.4. The van der Waals surface area contributed by atoms with E-state index in [1.54, 1.807) is 0 Å². The number of carbonyl (C=O) groups excluding carboxylic acids is 2. The summed E-state index contributed by atoms with van der Waals surface area (Å²) in [5.41, 5.74) is 0. The number of unbranched alkanes of at least 4 members (excludes halogenated alkanes) is 16. The molecule has 0 bridgehead atoms. The van der Waals surface area contributed by atoms with Gasteiger partial charge in [-0.25, -0.2) is 0 Å². The van der Waals surface area contributed by atoms with Gasteiger partial charge in [0.1, 0.15) is 19.8 Å². The molecule has 0 aliphatic heterocycles. The maximum atomic E-state index is 12.7. The molecule has 0 aliphatic carbocycles. The molecule has 10 heteroatoms. The Kier molecular flexibility index (Phi) is 44.8. The van der Waals surface area contributed by atoms with Crippen molar-refractivity contribution in [2.45, 2.75) is 200 Å². The number of nitrogens with zero attached hydrogens (tertiary/aromatic N) is 1. The standard InChI is InChI=1S/C56H96NO8P/c1-6-8-10-12-14-16-18-20-22-24-25-26-27-28-29-30-31-33-35-37-39-41-43-45-47-49-56(59)65-54(53-64-66(60,61)63-51-50-57(3,4)5)52-62-55(58)48-46-44-42-40-38-36-34-32-23-21-19-17-15-13-11-9-7-2/h8,10,14,16,20-23,25-26,28-29,31,33,37,39,54H,6-7,9,11-13,15,17-19,24,27,30,32,34-36,38,40-53H2,1-5H3/b10-8-,16-14-,22-20-,23-21-,26-25-,29-28-,33-31-,39-37-. The van der Waals surface area contributed by atoms with Crippen LogP contribution in [-0.2, 0) is 32.7 Å². The topological polar surface area (TPSA) is 111 Å². The van der Waals surface area contributed by atoms with Gasteiger partial charge in [-0.2, -0.15) is 0 Å². The smallest absolute Gasteiger partial charge is 0.306 e. The van der Waals surface area contributed by atoms with Gasteiger partial charge >= 0.3 is 11.9 Å². The first-order chi connectivity index (χ1) is 32.0. The zero-order chi connectivity index (χ0) is 48.5. The first kappa shape index (κ1) is 62.9. The Labute approximate surface area is 404 Å². The number of rotatable bonds is 46. The van der Waals surface area contributed by atoms with Crippen LogP contribution in [0.25, 0.3) is 0 Å². The van der Waals surface area contributed by atoms with E-state index < -0.39 is 32.5 Å². The number of allylic oxidation sites excluding steroid dienone is 16. The van der Waals surface area contributed by atoms with Gasteiger partial charge in [-0.1, -0.05) is 182 Å². The minimum atomic E-state index is -4.65. The molecule has 0 rings (SSSR count). The second-order valence-corrected chi connectivity index (χ2v) is 19.6. The number of hydrogen-bond donors (Lipinski definition) is 0. The number of likely N-dealkylation sites (N-methyl/N-ethyl adjacent to an activating group) is 1. The monoisotopic (exact) mass is 942 g/mol. The van der Waals surface area contributed by atoms with Crippen LogP contribution in [-0.4, -0.2) is 70.0 Å². The van der Waals surface area contributed by atoms with Crippen LogP contribution in [0.1, 0.15) is 194 Å². The van der Waals surface area contributed by atoms with Crippen LogP contribution in [0.2, 0.25) is 0 Å². The van der Waals surface area contributed by atoms with E-state index >= 15 is 0 Å². The number of phosphoric acid groups is 1. The Balaban J connectivity index is 4.36. The van der Waals surface area contributed by atoms with Crippen molar-refractivity contribution in [2.75, 3.05) is 47.5 Å². The molecule has 0 aromatic rings. The predicted molar refractivity (Wildman–Crippen MR) is 277 cm³/mol. The summed E-state index contributed by atoms with van der Waals surface area (Å²) in [5, 5.41) is 0. The van der Waals surface area contributed by atoms with Gasteiger partial charge in [0, 0.05) is 12.8 Å². The number of hydrogen-bond acceptors (Lipinski definition) is 8. The van der Waals surface area contributed by atoms with Crippen molar-refractivity contribution in [1.29, 1.82) is 0 Å². The highest BCUT2D eigenvalue weighted by Gasteiger charge is 2.21. The van der Waals surface area contributed by atoms with E-state index in [2.05, 4.69) is 111 Å². The van der Waals surface area contributed by atoms with Crippen LogP contribution >= 0.6 is 7.82 Å². The average Bonchev–Trinajstić information content (AvgIpc) is 3.27. The quantitative estimate of drug-likeness (QED) is 0.0195. The summed E-state index contributed by atoms with van der Waals surface area (Å²) >= 11 is 0. The summed E-state index contributed by atoms with van der Waals surface area (Å²) in [6.07, 6.45) is 62.9. The van der Waals surface area contributed by atoms with Gasteiger partial charge in [-0.05, 0) is 96.3 Å². The predicted octanol–water partition coefficient (Wildman–Crippen LogP) is 15.1. The summed E-state index contributed by atoms with van der Waals surface area (Å²) in [6, 6.07) is 0. The van der Waals surface area contributed by atoms with E-state index in [0.29, 0.717) is 23.9 Å². The van der Waals surface area contributed by atoms with Crippen molar-refractivity contribution in [3.8, 4) is 0 Å². The lowest BCUT2D eigenvalue weighted by atomic mass is 10.1. The third kappa shape index (κ3) is 50.3. The lowest BCUT2D eigenvalue weighted by molar-refractivity contribution is -0.870. The van der Waals surface area contributed by atoms with E-state index in [1.807, 2.05) is 21.1 Å². The second-order valence-electron chi connectivity index (χ2n) is 18.1. The largest absolute Gasteiger partial charge is 0.756 e. The van der Waals surface area contributed by atoms with Crippen LogP contribution < -0.4 is 4.89 Å². The molecule has 378 valence electrons. The average molecular weight is 942 g/mol. The molecule has 0 aliphatic rings. The van der Waals surface area contributed by atoms with Crippen molar-refractivity contribution in [3.05, 3.63) is 97.2 Å². The van der Waals surface area contributed by atoms with E-state index in [4.69, 9.17) is 18.5 Å². The number of ether oxygens (including phenoxy) is 2. The van der Waals surface area contributed by atoms with E-state index in [0.717, 1.165) is 89.9 Å². The molecule has 0 fully saturated rings. The molecule has 0 N–H and O–H groups in total. The SMILES string of the molecule is CC/C=C\C/C=C\C/C=C\C/C=C\C/C=C\C/C=C\C/C=C\CCCCCC(=O)OC(COC(=O)CCCCCCCCC/C=C\CCCCCCCC)COP(=O)([O-])OCC[N+](C)(C)C. The van der Waals surface area contributed by atoms with Gasteiger partial charge in [0.15, 0.2) is 6.10 Å². The third-order valence-electron chi connectivity index (χ3n) is 10.6. The Morgan fingerprint density at radius 2 is 0.864 bits per heavy atom. The molecule has 0 aromatic heterocycles. The molecule has 0 aromatic carbocycles. The lowest BCUT2D eigenvalue weighted by Crippen LogP contribution is -2.37. The molecule has 66 heavy (non-hydrogen) atoms. The van der Waals surface area contributed by atoms with Gasteiger partial charge in [-0.3, -0.25) is 14.2 Å². The van der Waals surface area contributed by atoms with Gasteiger partial charge < -0.3 is 27.9 Å². The fraction of sp³-hybridized carbons (Fsp3) is 0.679. The Morgan fingerprint density at radius 3 is 1.32 bits per heavy atom. The summed E-state index contributed by atoms with van der Waals surface area (Å²) in [6.45, 7) is 4.06. The third-order valence-corrected chi connectivity index (χ3v) is 11.6. The molecular formula is C56H96NO8P. The normalized spacial score (nSPS) is 14.2. The van der Waals surface area contributed by atoms with Crippen molar-refractivity contribution in [2.24, 2.45) is 0 Å². The lowest BCUT2D eigenvalue weighted by Gasteiger charge is -2.28. The fourth-order valence-electron chi connectivity index (χ4n) is 6.57. The highest BCUT2D eigenvalue weighted by atomic mass is 31.2. The summed E-state index contributed by atoms with van der Waals surface area (Å²) < 4.78 is 34.0. The zero-order valence-electron chi connectivity index (χ0n) is 42.6. The van der Waals surface area contributed by atoms with E-state index in [-0.39, 0.29) is 26.1 Å². The van der Waals surface area contributed by atoms with Crippen LogP contribution in [0.15, 0.2) is 97.2 Å². The van der Waals surface area contributed by atoms with Crippen molar-refractivity contribution in [3.63, 3.8) is 0 Å². The van der Waals surface area contributed by atoms with E-state index in [1.165, 1.54) is 64.2 Å². The number of phosphoric ester groups is 1. The van der Waals surface area contributed by atoms with Crippen molar-refractivity contribution < 1.29 is 42.1 Å². The molecule has 0 saturated heterocycles. The number of esters is 2. The molecule has 0 spiro atoms. The molecule has 0 amide bonds. The molecule has 2 atom stereocenters. The minimum absolute atomic E-state index is 0.0435. The molecule has 2 unspecified atom stereocenters. The molecule has 9 nitrogen and oxygen atoms in total. The molecule has 0 saturated carbocycles. The zero-order valence-corrected chi connectivity index (χ0v) is 43.5. The highest BCUT2D eigenvalue weighted by molar-refractivity contribution is 7.45. The minimum Gasteiger partial charge on any atom is -0.756 e. The summed E-state index contributed by atoms with van der Waals surface area (Å²) in [7, 11) is 1.13. The number of carbonyl (C=O) groups is 2. The Hall–Kier alpha value is -3.07. The van der Waals surface area contributed by atoms with Crippen molar-refractivity contribution >= 4 is 19.8 Å². The summed E-state index contributed by atoms with van der Waals surface area (Å²) in [5.74, 6) is -0.883. The maximum absolute atomic E-state index is 12.7. The van der Waals surface area contributed by atoms with Crippen LogP contribution in [0.4, 0.5) is 0 Å². The van der Waals surface area contributed by atoms with Gasteiger partial charge in [0.05, 0.1) is 27.7 Å². The molecule has 0 radical (unpaired) electrons. The van der Waals surface area contributed by atoms with Crippen LogP contribution in [0, 0.1) is 0 Å².